The lowest BCUT2D eigenvalue weighted by molar-refractivity contribution is -0.139. The number of nitrogens with zero attached hydrogens (tertiary/aromatic N) is 3. The van der Waals surface area contributed by atoms with Crippen molar-refractivity contribution in [2.24, 2.45) is 0 Å². The second kappa shape index (κ2) is 7.12. The van der Waals surface area contributed by atoms with E-state index in [1.807, 2.05) is 17.9 Å². The maximum absolute atomic E-state index is 12.0. The molecule has 1 heterocycles. The third-order valence-corrected chi connectivity index (χ3v) is 4.63. The second-order valence-electron chi connectivity index (χ2n) is 6.50. The van der Waals surface area contributed by atoms with Crippen molar-refractivity contribution < 1.29 is 14.7 Å². The summed E-state index contributed by atoms with van der Waals surface area (Å²) < 4.78 is 0. The Bertz CT molecular complexity index is 596. The number of carbonyl (C=O) groups is 2. The molecule has 2 aliphatic rings. The first-order valence-corrected chi connectivity index (χ1v) is 8.42. The number of urea groups is 1. The van der Waals surface area contributed by atoms with Gasteiger partial charge >= 0.3 is 12.0 Å². The van der Waals surface area contributed by atoms with E-state index in [9.17, 15) is 9.59 Å². The predicted octanol–water partition coefficient (Wildman–Crippen LogP) is 1.41. The number of hydrogen-bond donors (Lipinski definition) is 3. The number of likely N-dealkylation sites (N-methyl/N-ethyl adjacent to an activating group) is 1. The van der Waals surface area contributed by atoms with Gasteiger partial charge in [-0.15, -0.1) is 5.10 Å². The van der Waals surface area contributed by atoms with Crippen LogP contribution in [0, 0.1) is 0 Å². The summed E-state index contributed by atoms with van der Waals surface area (Å²) in [5.41, 5.74) is 0.987. The minimum Gasteiger partial charge on any atom is -0.480 e. The summed E-state index contributed by atoms with van der Waals surface area (Å²) in [6, 6.07) is 3.67. The van der Waals surface area contributed by atoms with Crippen LogP contribution in [0.15, 0.2) is 12.1 Å². The molecular weight excluding hydrogens is 310 g/mol. The quantitative estimate of drug-likeness (QED) is 0.696. The van der Waals surface area contributed by atoms with Gasteiger partial charge in [0, 0.05) is 18.0 Å². The average Bonchev–Trinajstić information content (AvgIpc) is 3.34. The molecule has 0 aliphatic heterocycles. The van der Waals surface area contributed by atoms with Crippen LogP contribution in [0.3, 0.4) is 0 Å². The molecule has 130 valence electrons. The minimum atomic E-state index is -0.820. The van der Waals surface area contributed by atoms with Gasteiger partial charge in [0.1, 0.15) is 0 Å². The van der Waals surface area contributed by atoms with Gasteiger partial charge in [-0.25, -0.2) is 4.79 Å². The lowest BCUT2D eigenvalue weighted by Gasteiger charge is -2.42. The van der Waals surface area contributed by atoms with Crippen molar-refractivity contribution in [1.82, 2.24) is 20.4 Å². The SMILES string of the molecule is CCN(CC(=O)O)C1CC(NC(=O)Nc2ccc(C3CC3)nn2)C1. The van der Waals surface area contributed by atoms with E-state index >= 15 is 0 Å². The summed E-state index contributed by atoms with van der Waals surface area (Å²) >= 11 is 0. The summed E-state index contributed by atoms with van der Waals surface area (Å²) in [5.74, 6) is 0.160. The molecule has 24 heavy (non-hydrogen) atoms. The Morgan fingerprint density at radius 1 is 1.29 bits per heavy atom. The molecule has 0 radical (unpaired) electrons. The first-order chi connectivity index (χ1) is 11.5. The molecule has 0 aromatic carbocycles. The molecule has 8 nitrogen and oxygen atoms in total. The van der Waals surface area contributed by atoms with Gasteiger partial charge in [-0.2, -0.15) is 5.10 Å². The maximum atomic E-state index is 12.0. The van der Waals surface area contributed by atoms with Gasteiger partial charge in [0.05, 0.1) is 12.2 Å². The van der Waals surface area contributed by atoms with Crippen molar-refractivity contribution in [3.8, 4) is 0 Å². The van der Waals surface area contributed by atoms with Gasteiger partial charge in [-0.1, -0.05) is 6.92 Å². The number of aromatic nitrogens is 2. The van der Waals surface area contributed by atoms with Crippen LogP contribution < -0.4 is 10.6 Å². The van der Waals surface area contributed by atoms with Gasteiger partial charge < -0.3 is 10.4 Å². The Hall–Kier alpha value is -2.22. The molecule has 2 amide bonds. The van der Waals surface area contributed by atoms with Crippen molar-refractivity contribution in [2.75, 3.05) is 18.4 Å². The lowest BCUT2D eigenvalue weighted by atomic mass is 9.85. The van der Waals surface area contributed by atoms with Crippen LogP contribution in [0.25, 0.3) is 0 Å². The summed E-state index contributed by atoms with van der Waals surface area (Å²) in [6.07, 6.45) is 3.87. The highest BCUT2D eigenvalue weighted by Gasteiger charge is 2.34. The highest BCUT2D eigenvalue weighted by molar-refractivity contribution is 5.88. The number of nitrogens with one attached hydrogen (secondary N) is 2. The highest BCUT2D eigenvalue weighted by Crippen LogP contribution is 2.38. The van der Waals surface area contributed by atoms with E-state index in [1.54, 1.807) is 6.07 Å². The zero-order valence-corrected chi connectivity index (χ0v) is 13.7. The van der Waals surface area contributed by atoms with Gasteiger partial charge in [-0.3, -0.25) is 15.0 Å². The fourth-order valence-corrected chi connectivity index (χ4v) is 3.02. The molecule has 2 aliphatic carbocycles. The Morgan fingerprint density at radius 2 is 2.04 bits per heavy atom. The Kier molecular flexibility index (Phi) is 4.94. The predicted molar refractivity (Wildman–Crippen MR) is 87.9 cm³/mol. The number of rotatable bonds is 7. The second-order valence-corrected chi connectivity index (χ2v) is 6.50. The number of amides is 2. The summed E-state index contributed by atoms with van der Waals surface area (Å²) in [4.78, 5) is 24.7. The van der Waals surface area contributed by atoms with E-state index in [2.05, 4.69) is 20.8 Å². The largest absolute Gasteiger partial charge is 0.480 e. The smallest absolute Gasteiger partial charge is 0.320 e. The fraction of sp³-hybridized carbons (Fsp3) is 0.625. The molecule has 0 bridgehead atoms. The minimum absolute atomic E-state index is 0.0447. The number of carboxylic acids is 1. The third-order valence-electron chi connectivity index (χ3n) is 4.63. The molecule has 3 rings (SSSR count). The zero-order valence-electron chi connectivity index (χ0n) is 13.7. The van der Waals surface area contributed by atoms with Crippen molar-refractivity contribution in [2.45, 2.75) is 50.6 Å². The summed E-state index contributed by atoms with van der Waals surface area (Å²) in [5, 5.41) is 22.6. The van der Waals surface area contributed by atoms with Crippen molar-refractivity contribution in [1.29, 1.82) is 0 Å². The number of carboxylic acid groups (broad SMARTS) is 1. The molecule has 0 spiro atoms. The summed E-state index contributed by atoms with van der Waals surface area (Å²) in [7, 11) is 0. The van der Waals surface area contributed by atoms with Crippen molar-refractivity contribution >= 4 is 17.8 Å². The lowest BCUT2D eigenvalue weighted by Crippen LogP contribution is -2.55. The first kappa shape index (κ1) is 16.6. The molecule has 0 unspecified atom stereocenters. The Balaban J connectivity index is 1.40. The van der Waals surface area contributed by atoms with E-state index < -0.39 is 5.97 Å². The fourth-order valence-electron chi connectivity index (χ4n) is 3.02. The molecule has 1 aromatic rings. The average molecular weight is 333 g/mol. The Labute approximate surface area is 140 Å². The molecule has 0 atom stereocenters. The highest BCUT2D eigenvalue weighted by atomic mass is 16.4. The van der Waals surface area contributed by atoms with Crippen LogP contribution in [-0.4, -0.2) is 57.4 Å². The number of aliphatic carboxylic acids is 1. The normalized spacial score (nSPS) is 22.8. The van der Waals surface area contributed by atoms with Crippen LogP contribution >= 0.6 is 0 Å². The number of hydrogen-bond acceptors (Lipinski definition) is 5. The maximum Gasteiger partial charge on any atom is 0.320 e. The van der Waals surface area contributed by atoms with Gasteiger partial charge in [0.15, 0.2) is 5.82 Å². The Morgan fingerprint density at radius 3 is 2.58 bits per heavy atom. The molecule has 3 N–H and O–H groups in total. The van der Waals surface area contributed by atoms with Crippen LogP contribution in [0.2, 0.25) is 0 Å². The van der Waals surface area contributed by atoms with Crippen LogP contribution in [0.4, 0.5) is 10.6 Å². The number of anilines is 1. The van der Waals surface area contributed by atoms with Gasteiger partial charge in [-0.05, 0) is 44.4 Å². The zero-order chi connectivity index (χ0) is 17.1. The standard InChI is InChI=1S/C16H23N5O3/c1-2-21(9-15(22)23)12-7-11(8-12)17-16(24)18-14-6-5-13(19-20-14)10-3-4-10/h5-6,10-12H,2-4,7-9H2,1H3,(H,22,23)(H2,17,18,20,24). The van der Waals surface area contributed by atoms with Crippen molar-refractivity contribution in [3.05, 3.63) is 17.8 Å². The van der Waals surface area contributed by atoms with E-state index in [4.69, 9.17) is 5.11 Å². The molecule has 8 heteroatoms. The van der Waals surface area contributed by atoms with Gasteiger partial charge in [0.2, 0.25) is 0 Å². The van der Waals surface area contributed by atoms with E-state index in [0.29, 0.717) is 18.3 Å². The first-order valence-electron chi connectivity index (χ1n) is 8.42. The number of carbonyl (C=O) groups excluding carboxylic acids is 1. The molecule has 2 fully saturated rings. The molecule has 0 saturated heterocycles. The molecular formula is C16H23N5O3. The van der Waals surface area contributed by atoms with Crippen LogP contribution in [0.5, 0.6) is 0 Å². The van der Waals surface area contributed by atoms with Crippen LogP contribution in [0.1, 0.15) is 44.2 Å². The molecule has 2 saturated carbocycles. The van der Waals surface area contributed by atoms with Crippen LogP contribution in [-0.2, 0) is 4.79 Å². The van der Waals surface area contributed by atoms with E-state index in [-0.39, 0.29) is 24.7 Å². The monoisotopic (exact) mass is 333 g/mol. The summed E-state index contributed by atoms with van der Waals surface area (Å²) in [6.45, 7) is 2.68. The molecule has 1 aromatic heterocycles. The topological polar surface area (TPSA) is 107 Å². The van der Waals surface area contributed by atoms with E-state index in [1.165, 1.54) is 12.8 Å². The van der Waals surface area contributed by atoms with Crippen molar-refractivity contribution in [3.63, 3.8) is 0 Å². The van der Waals surface area contributed by atoms with E-state index in [0.717, 1.165) is 18.5 Å². The van der Waals surface area contributed by atoms with Gasteiger partial charge in [0.25, 0.3) is 0 Å². The third kappa shape index (κ3) is 4.19.